The van der Waals surface area contributed by atoms with Crippen LogP contribution in [0.5, 0.6) is 11.5 Å². The molecule has 0 unspecified atom stereocenters. The maximum Gasteiger partial charge on any atom is 0.408 e. The molecule has 1 aromatic rings. The van der Waals surface area contributed by atoms with Crippen LogP contribution in [-0.4, -0.2) is 51.8 Å². The minimum atomic E-state index is -1.24. The van der Waals surface area contributed by atoms with E-state index in [1.54, 1.807) is 20.8 Å². The molecule has 0 heterocycles. The van der Waals surface area contributed by atoms with Crippen LogP contribution in [0, 0.1) is 0 Å². The largest absolute Gasteiger partial charge is 0.508 e. The van der Waals surface area contributed by atoms with Crippen LogP contribution >= 0.6 is 0 Å². The summed E-state index contributed by atoms with van der Waals surface area (Å²) in [5.41, 5.74) is 1.64. The van der Waals surface area contributed by atoms with Gasteiger partial charge in [0.1, 0.15) is 23.1 Å². The van der Waals surface area contributed by atoms with Crippen molar-refractivity contribution >= 4 is 18.2 Å². The number of ether oxygens (including phenoxy) is 1. The van der Waals surface area contributed by atoms with E-state index in [-0.39, 0.29) is 17.1 Å². The van der Waals surface area contributed by atoms with Crippen molar-refractivity contribution in [2.75, 3.05) is 6.61 Å². The van der Waals surface area contributed by atoms with E-state index in [9.17, 15) is 19.8 Å². The Morgan fingerprint density at radius 3 is 2.54 bits per heavy atom. The molecule has 0 aromatic heterocycles. The van der Waals surface area contributed by atoms with E-state index in [1.165, 1.54) is 12.1 Å². The first-order chi connectivity index (χ1) is 11.1. The molecule has 0 radical (unpaired) electrons. The fourth-order valence-electron chi connectivity index (χ4n) is 1.53. The van der Waals surface area contributed by atoms with E-state index < -0.39 is 30.3 Å². The van der Waals surface area contributed by atoms with Crippen LogP contribution in [0.4, 0.5) is 4.79 Å². The third kappa shape index (κ3) is 6.53. The Hall–Kier alpha value is -2.81. The second-order valence-corrected chi connectivity index (χ2v) is 5.86. The van der Waals surface area contributed by atoms with Gasteiger partial charge in [0, 0.05) is 11.6 Å². The fraction of sp³-hybridized carbons (Fsp3) is 0.400. The summed E-state index contributed by atoms with van der Waals surface area (Å²) < 4.78 is 4.98. The van der Waals surface area contributed by atoms with E-state index in [1.807, 2.05) is 0 Å². The molecular weight excluding hydrogens is 318 g/mol. The number of nitrogens with one attached hydrogen (secondary N) is 2. The van der Waals surface area contributed by atoms with Crippen molar-refractivity contribution in [1.29, 1.82) is 0 Å². The molecule has 0 aliphatic carbocycles. The van der Waals surface area contributed by atoms with Crippen molar-refractivity contribution in [2.24, 2.45) is 5.10 Å². The van der Waals surface area contributed by atoms with Crippen molar-refractivity contribution in [2.45, 2.75) is 32.4 Å². The van der Waals surface area contributed by atoms with E-state index in [0.717, 1.165) is 12.3 Å². The summed E-state index contributed by atoms with van der Waals surface area (Å²) in [6, 6.07) is 2.60. The highest BCUT2D eigenvalue weighted by Crippen LogP contribution is 2.20. The van der Waals surface area contributed by atoms with Crippen LogP contribution in [0.2, 0.25) is 0 Å². The number of hydrogen-bond donors (Lipinski definition) is 5. The lowest BCUT2D eigenvalue weighted by Gasteiger charge is -2.21. The number of carbonyl (C=O) groups is 2. The summed E-state index contributed by atoms with van der Waals surface area (Å²) in [5.74, 6) is -1.10. The van der Waals surface area contributed by atoms with Crippen molar-refractivity contribution in [3.8, 4) is 11.5 Å². The molecule has 0 fully saturated rings. The first kappa shape index (κ1) is 19.2. The van der Waals surface area contributed by atoms with Gasteiger partial charge in [-0.25, -0.2) is 10.2 Å². The van der Waals surface area contributed by atoms with Crippen molar-refractivity contribution in [1.82, 2.24) is 10.7 Å². The Kier molecular flexibility index (Phi) is 6.54. The minimum Gasteiger partial charge on any atom is -0.508 e. The normalized spacial score (nSPS) is 12.7. The first-order valence-corrected chi connectivity index (χ1v) is 7.07. The smallest absolute Gasteiger partial charge is 0.408 e. The Morgan fingerprint density at radius 1 is 1.33 bits per heavy atom. The molecule has 0 spiro atoms. The topological polar surface area (TPSA) is 140 Å². The van der Waals surface area contributed by atoms with Crippen LogP contribution in [0.15, 0.2) is 23.3 Å². The summed E-state index contributed by atoms with van der Waals surface area (Å²) in [5, 5.41) is 33.7. The highest BCUT2D eigenvalue weighted by Gasteiger charge is 2.23. The number of rotatable bonds is 5. The Morgan fingerprint density at radius 2 is 2.00 bits per heavy atom. The van der Waals surface area contributed by atoms with E-state index in [0.29, 0.717) is 0 Å². The third-order valence-corrected chi connectivity index (χ3v) is 2.58. The van der Waals surface area contributed by atoms with Crippen LogP contribution in [0.3, 0.4) is 0 Å². The number of alkyl carbamates (subject to hydrolysis) is 1. The highest BCUT2D eigenvalue weighted by atomic mass is 16.6. The molecule has 0 aliphatic rings. The maximum absolute atomic E-state index is 11.8. The number of aromatic hydroxyl groups is 2. The summed E-state index contributed by atoms with van der Waals surface area (Å²) >= 11 is 0. The fourth-order valence-corrected chi connectivity index (χ4v) is 1.53. The molecule has 9 nitrogen and oxygen atoms in total. The standard InChI is InChI=1S/C15H21N3O6/c1-15(2,3)24-14(23)17-11(8-19)13(22)18-16-7-9-4-5-10(20)6-12(9)21/h4-7,11,19-21H,8H2,1-3H3,(H,17,23)(H,18,22)/b16-7+/t11-/m0/s1. The maximum atomic E-state index is 11.8. The molecule has 1 atom stereocenters. The number of phenols is 2. The molecule has 0 aliphatic heterocycles. The molecular formula is C15H21N3O6. The molecule has 2 amide bonds. The number of carbonyl (C=O) groups excluding carboxylic acids is 2. The highest BCUT2D eigenvalue weighted by molar-refractivity contribution is 5.88. The van der Waals surface area contributed by atoms with Gasteiger partial charge in [0.05, 0.1) is 12.8 Å². The van der Waals surface area contributed by atoms with Crippen molar-refractivity contribution < 1.29 is 29.6 Å². The second-order valence-electron chi connectivity index (χ2n) is 5.86. The third-order valence-electron chi connectivity index (χ3n) is 2.58. The van der Waals surface area contributed by atoms with E-state index in [2.05, 4.69) is 15.8 Å². The molecule has 0 saturated heterocycles. The Labute approximate surface area is 139 Å². The zero-order valence-electron chi connectivity index (χ0n) is 13.6. The molecule has 132 valence electrons. The molecule has 24 heavy (non-hydrogen) atoms. The van der Waals surface area contributed by atoms with Gasteiger partial charge < -0.3 is 25.4 Å². The van der Waals surface area contributed by atoms with Crippen LogP contribution in [0.1, 0.15) is 26.3 Å². The molecule has 1 rings (SSSR count). The zero-order valence-corrected chi connectivity index (χ0v) is 13.6. The van der Waals surface area contributed by atoms with Crippen molar-refractivity contribution in [3.05, 3.63) is 23.8 Å². The van der Waals surface area contributed by atoms with Gasteiger partial charge in [-0.2, -0.15) is 5.10 Å². The number of benzene rings is 1. The summed E-state index contributed by atoms with van der Waals surface area (Å²) in [7, 11) is 0. The number of amides is 2. The second kappa shape index (κ2) is 8.16. The minimum absolute atomic E-state index is 0.115. The molecule has 5 N–H and O–H groups in total. The number of hydrazone groups is 1. The number of nitrogens with zero attached hydrogens (tertiary/aromatic N) is 1. The average Bonchev–Trinajstić information content (AvgIpc) is 2.45. The van der Waals surface area contributed by atoms with Gasteiger partial charge >= 0.3 is 6.09 Å². The monoisotopic (exact) mass is 339 g/mol. The van der Waals surface area contributed by atoms with Crippen molar-refractivity contribution in [3.63, 3.8) is 0 Å². The Balaban J connectivity index is 2.61. The molecule has 0 bridgehead atoms. The number of phenolic OH excluding ortho intramolecular Hbond substituents is 2. The predicted molar refractivity (Wildman–Crippen MR) is 85.8 cm³/mol. The lowest BCUT2D eigenvalue weighted by atomic mass is 10.2. The van der Waals surface area contributed by atoms with Gasteiger partial charge in [-0.15, -0.1) is 0 Å². The van der Waals surface area contributed by atoms with Gasteiger partial charge in [0.15, 0.2) is 0 Å². The zero-order chi connectivity index (χ0) is 18.3. The lowest BCUT2D eigenvalue weighted by molar-refractivity contribution is -0.124. The SMILES string of the molecule is CC(C)(C)OC(=O)N[C@@H](CO)C(=O)N/N=C/c1ccc(O)cc1O. The predicted octanol–water partition coefficient (Wildman–Crippen LogP) is 0.434. The lowest BCUT2D eigenvalue weighted by Crippen LogP contribution is -2.49. The van der Waals surface area contributed by atoms with E-state index >= 15 is 0 Å². The molecule has 9 heteroatoms. The summed E-state index contributed by atoms with van der Waals surface area (Å²) in [6.45, 7) is 4.34. The van der Waals surface area contributed by atoms with Gasteiger partial charge in [0.25, 0.3) is 5.91 Å². The summed E-state index contributed by atoms with van der Waals surface area (Å²) in [6.07, 6.45) is 0.297. The number of aliphatic hydroxyl groups is 1. The number of aliphatic hydroxyl groups excluding tert-OH is 1. The molecule has 0 saturated carbocycles. The Bertz CT molecular complexity index is 624. The van der Waals surface area contributed by atoms with Gasteiger partial charge in [-0.1, -0.05) is 0 Å². The van der Waals surface area contributed by atoms with Gasteiger partial charge in [-0.05, 0) is 32.9 Å². The van der Waals surface area contributed by atoms with Gasteiger partial charge in [0.2, 0.25) is 0 Å². The average molecular weight is 339 g/mol. The van der Waals surface area contributed by atoms with Crippen LogP contribution in [0.25, 0.3) is 0 Å². The first-order valence-electron chi connectivity index (χ1n) is 7.07. The number of hydrogen-bond acceptors (Lipinski definition) is 7. The molecule has 1 aromatic carbocycles. The van der Waals surface area contributed by atoms with Gasteiger partial charge in [-0.3, -0.25) is 4.79 Å². The van der Waals surface area contributed by atoms with Crippen LogP contribution < -0.4 is 10.7 Å². The van der Waals surface area contributed by atoms with E-state index in [4.69, 9.17) is 9.84 Å². The summed E-state index contributed by atoms with van der Waals surface area (Å²) in [4.78, 5) is 23.4. The van der Waals surface area contributed by atoms with Crippen LogP contribution in [-0.2, 0) is 9.53 Å². The quantitative estimate of drug-likeness (QED) is 0.389.